The normalized spacial score (nSPS) is 10.7. The van der Waals surface area contributed by atoms with Gasteiger partial charge in [0.15, 0.2) is 0 Å². The molecule has 0 heterocycles. The van der Waals surface area contributed by atoms with E-state index < -0.39 is 16.7 Å². The number of quaternary nitrogens is 1. The maximum absolute atomic E-state index is 11.1. The highest BCUT2D eigenvalue weighted by atomic mass is 16.4. The molecule has 0 aliphatic heterocycles. The molecule has 3 amide bonds. The molecule has 7 heteroatoms. The number of nitrogens with zero attached hydrogens (tertiary/aromatic N) is 1. The SMILES string of the molecule is C=C(C)C(=O)NCCC[N+](C)(C(=O)O)C(=O)O. The van der Waals surface area contributed by atoms with Crippen LogP contribution in [0, 0.1) is 0 Å². The van der Waals surface area contributed by atoms with E-state index in [1.54, 1.807) is 6.92 Å². The number of nitrogens with one attached hydrogen (secondary N) is 1. The van der Waals surface area contributed by atoms with Gasteiger partial charge in [-0.05, 0) is 6.92 Å². The Hall–Kier alpha value is -1.89. The fourth-order valence-electron chi connectivity index (χ4n) is 1.02. The summed E-state index contributed by atoms with van der Waals surface area (Å²) >= 11 is 0. The van der Waals surface area contributed by atoms with E-state index in [-0.39, 0.29) is 25.4 Å². The molecular weight excluding hydrogens is 228 g/mol. The first-order valence-corrected chi connectivity index (χ1v) is 4.98. The fraction of sp³-hybridized carbons (Fsp3) is 0.500. The van der Waals surface area contributed by atoms with Gasteiger partial charge in [-0.1, -0.05) is 6.58 Å². The summed E-state index contributed by atoms with van der Waals surface area (Å²) in [5.41, 5.74) is 0.346. The lowest BCUT2D eigenvalue weighted by atomic mass is 10.3. The predicted octanol–water partition coefficient (Wildman–Crippen LogP) is 0.871. The Morgan fingerprint density at radius 2 is 1.71 bits per heavy atom. The highest BCUT2D eigenvalue weighted by Crippen LogP contribution is 2.05. The van der Waals surface area contributed by atoms with E-state index >= 15 is 0 Å². The van der Waals surface area contributed by atoms with E-state index in [9.17, 15) is 14.4 Å². The Morgan fingerprint density at radius 3 is 2.06 bits per heavy atom. The quantitative estimate of drug-likeness (QED) is 0.379. The van der Waals surface area contributed by atoms with E-state index in [1.807, 2.05) is 0 Å². The third kappa shape index (κ3) is 4.23. The average molecular weight is 245 g/mol. The minimum atomic E-state index is -1.44. The lowest BCUT2D eigenvalue weighted by molar-refractivity contribution is -0.763. The lowest BCUT2D eigenvalue weighted by Gasteiger charge is -2.21. The largest absolute Gasteiger partial charge is 0.524 e. The standard InChI is InChI=1S/C10H16N2O5/c1-7(2)8(13)11-5-4-6-12(3,9(14)15)10(16)17/h1,4-6H2,2-3H3,(H2-,11,13,14,15,16,17)/p+1. The minimum absolute atomic E-state index is 0.110. The Morgan fingerprint density at radius 1 is 1.24 bits per heavy atom. The van der Waals surface area contributed by atoms with Gasteiger partial charge < -0.3 is 15.5 Å². The summed E-state index contributed by atoms with van der Waals surface area (Å²) in [7, 11) is 1.09. The molecule has 0 aromatic rings. The second-order valence-corrected chi connectivity index (χ2v) is 3.87. The molecule has 3 N–H and O–H groups in total. The first-order valence-electron chi connectivity index (χ1n) is 4.98. The summed E-state index contributed by atoms with van der Waals surface area (Å²) in [4.78, 5) is 32.7. The molecule has 0 aliphatic rings. The molecule has 0 atom stereocenters. The number of hydrogen-bond donors (Lipinski definition) is 3. The van der Waals surface area contributed by atoms with Crippen LogP contribution in [0.2, 0.25) is 0 Å². The van der Waals surface area contributed by atoms with Crippen molar-refractivity contribution < 1.29 is 29.1 Å². The molecule has 7 nitrogen and oxygen atoms in total. The number of imide groups is 1. The Kier molecular flexibility index (Phi) is 5.33. The number of carbonyl (C=O) groups is 3. The van der Waals surface area contributed by atoms with Crippen molar-refractivity contribution in [3.63, 3.8) is 0 Å². The van der Waals surface area contributed by atoms with Crippen LogP contribution >= 0.6 is 0 Å². The van der Waals surface area contributed by atoms with Gasteiger partial charge in [0, 0.05) is 18.5 Å². The van der Waals surface area contributed by atoms with E-state index in [0.717, 1.165) is 7.05 Å². The van der Waals surface area contributed by atoms with Crippen molar-refractivity contribution in [1.82, 2.24) is 5.32 Å². The Bertz CT molecular complexity index is 337. The van der Waals surface area contributed by atoms with Crippen molar-refractivity contribution in [1.29, 1.82) is 0 Å². The monoisotopic (exact) mass is 245 g/mol. The first kappa shape index (κ1) is 15.1. The van der Waals surface area contributed by atoms with Crippen LogP contribution < -0.4 is 5.32 Å². The smallest absolute Gasteiger partial charge is 0.435 e. The van der Waals surface area contributed by atoms with Crippen molar-refractivity contribution in [3.05, 3.63) is 12.2 Å². The summed E-state index contributed by atoms with van der Waals surface area (Å²) in [6.07, 6.45) is -2.64. The van der Waals surface area contributed by atoms with Crippen LogP contribution in [0.3, 0.4) is 0 Å². The minimum Gasteiger partial charge on any atom is -0.435 e. The van der Waals surface area contributed by atoms with Crippen LogP contribution in [-0.4, -0.2) is 52.9 Å². The number of hydrogen-bond acceptors (Lipinski definition) is 3. The highest BCUT2D eigenvalue weighted by molar-refractivity contribution is 5.92. The van der Waals surface area contributed by atoms with Crippen LogP contribution in [0.5, 0.6) is 0 Å². The fourth-order valence-corrected chi connectivity index (χ4v) is 1.02. The highest BCUT2D eigenvalue weighted by Gasteiger charge is 2.40. The molecule has 0 saturated carbocycles. The molecule has 0 spiro atoms. The van der Waals surface area contributed by atoms with E-state index in [1.165, 1.54) is 0 Å². The summed E-state index contributed by atoms with van der Waals surface area (Å²) in [5.74, 6) is -0.329. The Labute approximate surface area is 98.9 Å². The average Bonchev–Trinajstić information content (AvgIpc) is 2.22. The molecule has 0 saturated heterocycles. The van der Waals surface area contributed by atoms with Gasteiger partial charge in [-0.3, -0.25) is 4.79 Å². The van der Waals surface area contributed by atoms with Crippen molar-refractivity contribution in [3.8, 4) is 0 Å². The zero-order valence-corrected chi connectivity index (χ0v) is 9.89. The summed E-state index contributed by atoms with van der Waals surface area (Å²) < 4.78 is -1.12. The maximum atomic E-state index is 11.1. The van der Waals surface area contributed by atoms with Crippen molar-refractivity contribution in [2.75, 3.05) is 20.1 Å². The molecule has 0 aromatic heterocycles. The van der Waals surface area contributed by atoms with Gasteiger partial charge in [-0.15, -0.1) is 4.48 Å². The van der Waals surface area contributed by atoms with Gasteiger partial charge >= 0.3 is 12.2 Å². The van der Waals surface area contributed by atoms with Gasteiger partial charge in [-0.25, -0.2) is 0 Å². The number of carboxylic acid groups (broad SMARTS) is 2. The Balaban J connectivity index is 4.19. The van der Waals surface area contributed by atoms with E-state index in [2.05, 4.69) is 11.9 Å². The summed E-state index contributed by atoms with van der Waals surface area (Å²) in [5, 5.41) is 20.1. The molecule has 0 aromatic carbocycles. The molecule has 96 valence electrons. The molecule has 17 heavy (non-hydrogen) atoms. The molecule has 0 bridgehead atoms. The van der Waals surface area contributed by atoms with Crippen LogP contribution in [0.25, 0.3) is 0 Å². The summed E-state index contributed by atoms with van der Waals surface area (Å²) in [6, 6.07) is 0. The molecule has 0 unspecified atom stereocenters. The van der Waals surface area contributed by atoms with Crippen molar-refractivity contribution in [2.24, 2.45) is 0 Å². The number of rotatable bonds is 5. The van der Waals surface area contributed by atoms with Gasteiger partial charge in [0.2, 0.25) is 5.91 Å². The molecular formula is C10H17N2O5+. The molecule has 0 aliphatic carbocycles. The van der Waals surface area contributed by atoms with Crippen molar-refractivity contribution in [2.45, 2.75) is 13.3 Å². The van der Waals surface area contributed by atoms with Gasteiger partial charge in [0.1, 0.15) is 6.54 Å². The lowest BCUT2D eigenvalue weighted by Crippen LogP contribution is -2.53. The van der Waals surface area contributed by atoms with Crippen molar-refractivity contribution >= 4 is 18.1 Å². The number of amides is 3. The molecule has 0 rings (SSSR count). The van der Waals surface area contributed by atoms with Crippen LogP contribution in [0.15, 0.2) is 12.2 Å². The first-order chi connectivity index (χ1) is 7.71. The third-order valence-electron chi connectivity index (χ3n) is 2.30. The van der Waals surface area contributed by atoms with Crippen LogP contribution in [0.4, 0.5) is 9.59 Å². The molecule has 0 radical (unpaired) electrons. The van der Waals surface area contributed by atoms with Gasteiger partial charge in [-0.2, -0.15) is 9.59 Å². The predicted molar refractivity (Wildman–Crippen MR) is 59.5 cm³/mol. The van der Waals surface area contributed by atoms with E-state index in [0.29, 0.717) is 5.57 Å². The van der Waals surface area contributed by atoms with Gasteiger partial charge in [0.05, 0.1) is 7.05 Å². The second-order valence-electron chi connectivity index (χ2n) is 3.87. The third-order valence-corrected chi connectivity index (χ3v) is 2.30. The van der Waals surface area contributed by atoms with Crippen LogP contribution in [-0.2, 0) is 4.79 Å². The summed E-state index contributed by atoms with van der Waals surface area (Å²) in [6.45, 7) is 5.08. The molecule has 0 fully saturated rings. The topological polar surface area (TPSA) is 104 Å². The number of carbonyl (C=O) groups excluding carboxylic acids is 1. The van der Waals surface area contributed by atoms with E-state index in [4.69, 9.17) is 10.2 Å². The van der Waals surface area contributed by atoms with Gasteiger partial charge in [0.25, 0.3) is 0 Å². The van der Waals surface area contributed by atoms with Crippen LogP contribution in [0.1, 0.15) is 13.3 Å². The zero-order valence-electron chi connectivity index (χ0n) is 9.89. The zero-order chi connectivity index (χ0) is 13.6. The maximum Gasteiger partial charge on any atom is 0.524 e. The second kappa shape index (κ2) is 6.00.